The monoisotopic (exact) mass is 318 g/mol. The SMILES string of the molecule is N#C/C=C/C=C/CC[C@H]1CC[C@H](CCc2ccc(C#N)cc2)CC1. The number of benzene rings is 1. The third-order valence-corrected chi connectivity index (χ3v) is 5.05. The van der Waals surface area contributed by atoms with Gasteiger partial charge in [-0.1, -0.05) is 56.0 Å². The summed E-state index contributed by atoms with van der Waals surface area (Å²) in [5, 5.41) is 17.2. The third-order valence-electron chi connectivity index (χ3n) is 5.05. The lowest BCUT2D eigenvalue weighted by molar-refractivity contribution is 0.254. The molecule has 0 atom stereocenters. The Labute approximate surface area is 146 Å². The molecular formula is C22H26N2. The van der Waals surface area contributed by atoms with E-state index in [-0.39, 0.29) is 0 Å². The van der Waals surface area contributed by atoms with Crippen LogP contribution in [-0.4, -0.2) is 0 Å². The van der Waals surface area contributed by atoms with Crippen LogP contribution in [0.3, 0.4) is 0 Å². The van der Waals surface area contributed by atoms with E-state index < -0.39 is 0 Å². The van der Waals surface area contributed by atoms with Crippen molar-refractivity contribution in [2.75, 3.05) is 0 Å². The Morgan fingerprint density at radius 1 is 0.917 bits per heavy atom. The van der Waals surface area contributed by atoms with E-state index in [2.05, 4.69) is 24.3 Å². The zero-order chi connectivity index (χ0) is 17.0. The molecule has 0 amide bonds. The Balaban J connectivity index is 1.62. The molecule has 1 aromatic rings. The molecule has 0 radical (unpaired) electrons. The van der Waals surface area contributed by atoms with Crippen molar-refractivity contribution in [2.45, 2.75) is 51.4 Å². The molecule has 0 spiro atoms. The van der Waals surface area contributed by atoms with Gasteiger partial charge in [0.05, 0.1) is 17.7 Å². The highest BCUT2D eigenvalue weighted by atomic mass is 14.3. The lowest BCUT2D eigenvalue weighted by Crippen LogP contribution is -2.15. The Kier molecular flexibility index (Phi) is 7.85. The van der Waals surface area contributed by atoms with E-state index in [1.165, 1.54) is 50.2 Å². The maximum atomic E-state index is 8.83. The zero-order valence-corrected chi connectivity index (χ0v) is 14.3. The Morgan fingerprint density at radius 3 is 2.21 bits per heavy atom. The molecule has 0 N–H and O–H groups in total. The normalized spacial score (nSPS) is 20.9. The van der Waals surface area contributed by atoms with Crippen LogP contribution in [0.5, 0.6) is 0 Å². The van der Waals surface area contributed by atoms with Gasteiger partial charge in [-0.25, -0.2) is 0 Å². The fourth-order valence-corrected chi connectivity index (χ4v) is 3.53. The average Bonchev–Trinajstić information content (AvgIpc) is 2.64. The summed E-state index contributed by atoms with van der Waals surface area (Å²) in [5.41, 5.74) is 2.10. The van der Waals surface area contributed by atoms with Crippen LogP contribution < -0.4 is 0 Å². The molecule has 1 aromatic carbocycles. The fourth-order valence-electron chi connectivity index (χ4n) is 3.53. The second-order valence-electron chi connectivity index (χ2n) is 6.73. The molecule has 1 saturated carbocycles. The Hall–Kier alpha value is -2.32. The van der Waals surface area contributed by atoms with Gasteiger partial charge in [-0.15, -0.1) is 0 Å². The molecular weight excluding hydrogens is 292 g/mol. The van der Waals surface area contributed by atoms with Gasteiger partial charge < -0.3 is 0 Å². The van der Waals surface area contributed by atoms with Crippen molar-refractivity contribution < 1.29 is 0 Å². The van der Waals surface area contributed by atoms with Crippen LogP contribution in [0, 0.1) is 34.5 Å². The summed E-state index contributed by atoms with van der Waals surface area (Å²) in [6.45, 7) is 0. The van der Waals surface area contributed by atoms with Crippen LogP contribution in [0.25, 0.3) is 0 Å². The molecule has 2 heteroatoms. The van der Waals surface area contributed by atoms with E-state index in [4.69, 9.17) is 10.5 Å². The van der Waals surface area contributed by atoms with Gasteiger partial charge in [-0.05, 0) is 55.2 Å². The maximum absolute atomic E-state index is 8.83. The number of allylic oxidation sites excluding steroid dienone is 4. The highest BCUT2D eigenvalue weighted by molar-refractivity contribution is 5.31. The summed E-state index contributed by atoms with van der Waals surface area (Å²) >= 11 is 0. The van der Waals surface area contributed by atoms with Gasteiger partial charge in [0.25, 0.3) is 0 Å². The molecule has 124 valence electrons. The molecule has 2 nitrogen and oxygen atoms in total. The second-order valence-corrected chi connectivity index (χ2v) is 6.73. The first-order valence-corrected chi connectivity index (χ1v) is 9.02. The Bertz CT molecular complexity index is 617. The van der Waals surface area contributed by atoms with Gasteiger partial charge in [-0.2, -0.15) is 10.5 Å². The van der Waals surface area contributed by atoms with Gasteiger partial charge in [0.15, 0.2) is 0 Å². The summed E-state index contributed by atoms with van der Waals surface area (Å²) in [7, 11) is 0. The van der Waals surface area contributed by atoms with E-state index in [0.29, 0.717) is 0 Å². The number of aryl methyl sites for hydroxylation is 1. The van der Waals surface area contributed by atoms with Crippen LogP contribution in [0.4, 0.5) is 0 Å². The van der Waals surface area contributed by atoms with Crippen molar-refractivity contribution in [3.8, 4) is 12.1 Å². The van der Waals surface area contributed by atoms with Crippen LogP contribution in [0.1, 0.15) is 56.1 Å². The predicted octanol–water partition coefficient (Wildman–Crippen LogP) is 5.71. The zero-order valence-electron chi connectivity index (χ0n) is 14.3. The molecule has 0 aromatic heterocycles. The van der Waals surface area contributed by atoms with Gasteiger partial charge >= 0.3 is 0 Å². The molecule has 1 aliphatic rings. The second kappa shape index (κ2) is 10.5. The molecule has 1 aliphatic carbocycles. The molecule has 0 saturated heterocycles. The molecule has 0 bridgehead atoms. The Morgan fingerprint density at radius 2 is 1.58 bits per heavy atom. The van der Waals surface area contributed by atoms with Crippen molar-refractivity contribution >= 4 is 0 Å². The largest absolute Gasteiger partial charge is 0.193 e. The number of hydrogen-bond donors (Lipinski definition) is 0. The smallest absolute Gasteiger partial charge is 0.0991 e. The highest BCUT2D eigenvalue weighted by Crippen LogP contribution is 2.34. The first kappa shape index (κ1) is 18.0. The summed E-state index contributed by atoms with van der Waals surface area (Å²) < 4.78 is 0. The quantitative estimate of drug-likeness (QED) is 0.477. The van der Waals surface area contributed by atoms with E-state index in [1.54, 1.807) is 6.08 Å². The molecule has 0 heterocycles. The molecule has 0 aliphatic heterocycles. The van der Waals surface area contributed by atoms with Crippen molar-refractivity contribution in [3.05, 3.63) is 59.7 Å². The van der Waals surface area contributed by atoms with E-state index in [0.717, 1.165) is 30.2 Å². The molecule has 0 unspecified atom stereocenters. The van der Waals surface area contributed by atoms with Crippen LogP contribution in [-0.2, 0) is 6.42 Å². The minimum absolute atomic E-state index is 0.747. The third kappa shape index (κ3) is 6.43. The standard InChI is InChI=1S/C22H26N2/c23-17-5-3-1-2-4-6-19-7-9-20(10-8-19)11-12-21-13-15-22(18-24)16-14-21/h1-3,5,13-16,19-20H,4,6-12H2/b2-1+,5-3+/t19-,20-. The van der Waals surface area contributed by atoms with E-state index >= 15 is 0 Å². The van der Waals surface area contributed by atoms with Gasteiger partial charge in [0, 0.05) is 6.08 Å². The van der Waals surface area contributed by atoms with Crippen molar-refractivity contribution in [1.29, 1.82) is 10.5 Å². The van der Waals surface area contributed by atoms with Gasteiger partial charge in [0.1, 0.15) is 0 Å². The summed E-state index contributed by atoms with van der Waals surface area (Å²) in [5.74, 6) is 1.74. The summed E-state index contributed by atoms with van der Waals surface area (Å²) in [6, 6.07) is 12.2. The summed E-state index contributed by atoms with van der Waals surface area (Å²) in [4.78, 5) is 0. The first-order chi connectivity index (χ1) is 11.8. The highest BCUT2D eigenvalue weighted by Gasteiger charge is 2.20. The minimum atomic E-state index is 0.747. The molecule has 2 rings (SSSR count). The lowest BCUT2D eigenvalue weighted by atomic mass is 9.78. The topological polar surface area (TPSA) is 47.6 Å². The number of hydrogen-bond acceptors (Lipinski definition) is 2. The van der Waals surface area contributed by atoms with Crippen LogP contribution in [0.2, 0.25) is 0 Å². The minimum Gasteiger partial charge on any atom is -0.193 e. The van der Waals surface area contributed by atoms with Gasteiger partial charge in [-0.3, -0.25) is 0 Å². The number of rotatable bonds is 7. The van der Waals surface area contributed by atoms with E-state index in [1.807, 2.05) is 24.3 Å². The van der Waals surface area contributed by atoms with E-state index in [9.17, 15) is 0 Å². The van der Waals surface area contributed by atoms with Crippen LogP contribution >= 0.6 is 0 Å². The van der Waals surface area contributed by atoms with Crippen LogP contribution in [0.15, 0.2) is 48.6 Å². The molecule has 24 heavy (non-hydrogen) atoms. The number of nitriles is 2. The predicted molar refractivity (Wildman–Crippen MR) is 98.1 cm³/mol. The first-order valence-electron chi connectivity index (χ1n) is 9.02. The number of nitrogens with zero attached hydrogens (tertiary/aromatic N) is 2. The van der Waals surface area contributed by atoms with Gasteiger partial charge in [0.2, 0.25) is 0 Å². The molecule has 1 fully saturated rings. The maximum Gasteiger partial charge on any atom is 0.0991 e. The fraction of sp³-hybridized carbons (Fsp3) is 0.455. The van der Waals surface area contributed by atoms with Crippen molar-refractivity contribution in [3.63, 3.8) is 0 Å². The lowest BCUT2D eigenvalue weighted by Gasteiger charge is -2.28. The average molecular weight is 318 g/mol. The summed E-state index contributed by atoms with van der Waals surface area (Å²) in [6.07, 6.45) is 17.7. The van der Waals surface area contributed by atoms with Crippen molar-refractivity contribution in [2.24, 2.45) is 11.8 Å². The van der Waals surface area contributed by atoms with Crippen molar-refractivity contribution in [1.82, 2.24) is 0 Å².